The number of nitrogens with one attached hydrogen (secondary N) is 1. The molecule has 0 atom stereocenters. The molecule has 0 fully saturated rings. The van der Waals surface area contributed by atoms with Crippen molar-refractivity contribution < 1.29 is 14.3 Å². The van der Waals surface area contributed by atoms with E-state index in [0.717, 1.165) is 12.0 Å². The van der Waals surface area contributed by atoms with Gasteiger partial charge >= 0.3 is 0 Å². The van der Waals surface area contributed by atoms with Gasteiger partial charge in [-0.05, 0) is 30.2 Å². The molecule has 0 aliphatic rings. The standard InChI is InChI=1S/C20H21ClN2O3/c1-2-25-18-13-16(14-23-19(24)8-10-22)12-17(21)20(18)26-11-9-15-6-4-3-5-7-15/h3-7,12-13H,2,8-9,11,14H2,1H3,(H,23,24). The first kappa shape index (κ1) is 19.6. The Balaban J connectivity index is 2.05. The van der Waals surface area contributed by atoms with E-state index in [1.807, 2.05) is 43.3 Å². The zero-order valence-corrected chi connectivity index (χ0v) is 15.4. The summed E-state index contributed by atoms with van der Waals surface area (Å²) in [5.74, 6) is 0.707. The largest absolute Gasteiger partial charge is 0.490 e. The summed E-state index contributed by atoms with van der Waals surface area (Å²) in [6.45, 7) is 3.09. The summed E-state index contributed by atoms with van der Waals surface area (Å²) in [4.78, 5) is 11.4. The fourth-order valence-corrected chi connectivity index (χ4v) is 2.66. The van der Waals surface area contributed by atoms with Gasteiger partial charge in [-0.3, -0.25) is 4.79 Å². The predicted molar refractivity (Wildman–Crippen MR) is 100 cm³/mol. The van der Waals surface area contributed by atoms with Gasteiger partial charge in [0.2, 0.25) is 5.91 Å². The average molecular weight is 373 g/mol. The van der Waals surface area contributed by atoms with Crippen LogP contribution in [0.5, 0.6) is 11.5 Å². The summed E-state index contributed by atoms with van der Waals surface area (Å²) < 4.78 is 11.5. The first-order chi connectivity index (χ1) is 12.6. The van der Waals surface area contributed by atoms with Gasteiger partial charge in [-0.25, -0.2) is 0 Å². The van der Waals surface area contributed by atoms with Crippen LogP contribution in [0.4, 0.5) is 0 Å². The third-order valence-corrected chi connectivity index (χ3v) is 3.86. The van der Waals surface area contributed by atoms with Crippen molar-refractivity contribution in [2.24, 2.45) is 0 Å². The van der Waals surface area contributed by atoms with Crippen LogP contribution in [0.15, 0.2) is 42.5 Å². The Bertz CT molecular complexity index is 773. The van der Waals surface area contributed by atoms with E-state index in [0.29, 0.717) is 29.7 Å². The number of amides is 1. The van der Waals surface area contributed by atoms with Gasteiger partial charge in [-0.1, -0.05) is 41.9 Å². The SMILES string of the molecule is CCOc1cc(CNC(=O)CC#N)cc(Cl)c1OCCc1ccccc1. The molecule has 0 saturated heterocycles. The average Bonchev–Trinajstić information content (AvgIpc) is 2.63. The van der Waals surface area contributed by atoms with Crippen LogP contribution in [0.25, 0.3) is 0 Å². The molecule has 0 aliphatic carbocycles. The Morgan fingerprint density at radius 3 is 2.65 bits per heavy atom. The second-order valence-electron chi connectivity index (χ2n) is 5.53. The minimum absolute atomic E-state index is 0.174. The molecule has 0 saturated carbocycles. The number of hydrogen-bond acceptors (Lipinski definition) is 4. The van der Waals surface area contributed by atoms with Crippen LogP contribution < -0.4 is 14.8 Å². The Kier molecular flexibility index (Phi) is 7.78. The van der Waals surface area contributed by atoms with Crippen molar-refractivity contribution in [3.8, 4) is 17.6 Å². The third-order valence-electron chi connectivity index (χ3n) is 3.58. The summed E-state index contributed by atoms with van der Waals surface area (Å²) in [6.07, 6.45) is 0.585. The van der Waals surface area contributed by atoms with E-state index in [4.69, 9.17) is 26.3 Å². The molecule has 0 aliphatic heterocycles. The van der Waals surface area contributed by atoms with Gasteiger partial charge in [0.05, 0.1) is 24.3 Å². The number of carbonyl (C=O) groups excluding carboxylic acids is 1. The summed E-state index contributed by atoms with van der Waals surface area (Å²) in [6, 6.07) is 15.4. The number of ether oxygens (including phenoxy) is 2. The van der Waals surface area contributed by atoms with Crippen molar-refractivity contribution in [3.63, 3.8) is 0 Å². The number of nitrogens with zero attached hydrogens (tertiary/aromatic N) is 1. The minimum Gasteiger partial charge on any atom is -0.490 e. The first-order valence-corrected chi connectivity index (χ1v) is 8.77. The van der Waals surface area contributed by atoms with Crippen molar-refractivity contribution in [3.05, 3.63) is 58.6 Å². The van der Waals surface area contributed by atoms with Gasteiger partial charge in [0.15, 0.2) is 11.5 Å². The molecule has 6 heteroatoms. The highest BCUT2D eigenvalue weighted by atomic mass is 35.5. The summed E-state index contributed by atoms with van der Waals surface area (Å²) in [7, 11) is 0. The predicted octanol–water partition coefficient (Wildman–Crippen LogP) is 3.89. The van der Waals surface area contributed by atoms with E-state index in [1.54, 1.807) is 12.1 Å². The van der Waals surface area contributed by atoms with E-state index in [9.17, 15) is 4.79 Å². The molecule has 0 aromatic heterocycles. The van der Waals surface area contributed by atoms with Crippen LogP contribution >= 0.6 is 11.6 Å². The maximum absolute atomic E-state index is 11.4. The van der Waals surface area contributed by atoms with Crippen molar-refractivity contribution in [1.82, 2.24) is 5.32 Å². The molecule has 5 nitrogen and oxygen atoms in total. The van der Waals surface area contributed by atoms with Crippen LogP contribution in [-0.2, 0) is 17.8 Å². The van der Waals surface area contributed by atoms with Crippen molar-refractivity contribution in [2.45, 2.75) is 26.3 Å². The normalized spacial score (nSPS) is 10.0. The number of benzene rings is 2. The summed E-state index contributed by atoms with van der Waals surface area (Å²) >= 11 is 6.36. The lowest BCUT2D eigenvalue weighted by atomic mass is 10.1. The molecule has 2 aromatic rings. The maximum Gasteiger partial charge on any atom is 0.234 e. The monoisotopic (exact) mass is 372 g/mol. The van der Waals surface area contributed by atoms with E-state index < -0.39 is 0 Å². The molecule has 1 amide bonds. The fraction of sp³-hybridized carbons (Fsp3) is 0.300. The van der Waals surface area contributed by atoms with Crippen molar-refractivity contribution >= 4 is 17.5 Å². The van der Waals surface area contributed by atoms with E-state index in [-0.39, 0.29) is 18.9 Å². The molecule has 0 unspecified atom stereocenters. The third kappa shape index (κ3) is 5.98. The zero-order valence-electron chi connectivity index (χ0n) is 14.6. The van der Waals surface area contributed by atoms with Gasteiger partial charge in [-0.2, -0.15) is 5.26 Å². The van der Waals surface area contributed by atoms with Crippen LogP contribution in [0.2, 0.25) is 5.02 Å². The number of halogens is 1. The fourth-order valence-electron chi connectivity index (χ4n) is 2.38. The first-order valence-electron chi connectivity index (χ1n) is 8.39. The minimum atomic E-state index is -0.329. The van der Waals surface area contributed by atoms with Crippen LogP contribution in [0, 0.1) is 11.3 Å². The zero-order chi connectivity index (χ0) is 18.8. The van der Waals surface area contributed by atoms with Crippen molar-refractivity contribution in [1.29, 1.82) is 5.26 Å². The Labute approximate surface area is 158 Å². The quantitative estimate of drug-likeness (QED) is 0.724. The van der Waals surface area contributed by atoms with Crippen LogP contribution in [-0.4, -0.2) is 19.1 Å². The van der Waals surface area contributed by atoms with Gasteiger partial charge in [0.1, 0.15) is 6.42 Å². The number of rotatable bonds is 9. The molecular formula is C20H21ClN2O3. The van der Waals surface area contributed by atoms with E-state index in [2.05, 4.69) is 5.32 Å². The Morgan fingerprint density at radius 1 is 1.19 bits per heavy atom. The lowest BCUT2D eigenvalue weighted by molar-refractivity contribution is -0.120. The molecule has 1 N–H and O–H groups in total. The van der Waals surface area contributed by atoms with Gasteiger partial charge in [0.25, 0.3) is 0 Å². The smallest absolute Gasteiger partial charge is 0.234 e. The highest BCUT2D eigenvalue weighted by Crippen LogP contribution is 2.36. The topological polar surface area (TPSA) is 71.3 Å². The van der Waals surface area contributed by atoms with Crippen LogP contribution in [0.1, 0.15) is 24.5 Å². The molecule has 0 bridgehead atoms. The summed E-state index contributed by atoms with van der Waals surface area (Å²) in [5, 5.41) is 11.6. The molecule has 0 radical (unpaired) electrons. The number of hydrogen-bond donors (Lipinski definition) is 1. The molecule has 2 rings (SSSR count). The number of nitriles is 1. The summed E-state index contributed by atoms with van der Waals surface area (Å²) in [5.41, 5.74) is 1.96. The van der Waals surface area contributed by atoms with Gasteiger partial charge in [0, 0.05) is 13.0 Å². The number of carbonyl (C=O) groups is 1. The molecule has 26 heavy (non-hydrogen) atoms. The molecule has 0 heterocycles. The maximum atomic E-state index is 11.4. The van der Waals surface area contributed by atoms with Crippen LogP contribution in [0.3, 0.4) is 0 Å². The molecule has 136 valence electrons. The highest BCUT2D eigenvalue weighted by Gasteiger charge is 2.13. The highest BCUT2D eigenvalue weighted by molar-refractivity contribution is 6.32. The molecule has 0 spiro atoms. The lowest BCUT2D eigenvalue weighted by Crippen LogP contribution is -2.21. The lowest BCUT2D eigenvalue weighted by Gasteiger charge is -2.15. The van der Waals surface area contributed by atoms with Crippen molar-refractivity contribution in [2.75, 3.05) is 13.2 Å². The second-order valence-corrected chi connectivity index (χ2v) is 5.94. The molecule has 2 aromatic carbocycles. The van der Waals surface area contributed by atoms with E-state index >= 15 is 0 Å². The second kappa shape index (κ2) is 10.3. The Hall–Kier alpha value is -2.71. The van der Waals surface area contributed by atoms with E-state index in [1.165, 1.54) is 5.56 Å². The van der Waals surface area contributed by atoms with Gasteiger partial charge in [-0.15, -0.1) is 0 Å². The molecular weight excluding hydrogens is 352 g/mol. The van der Waals surface area contributed by atoms with Gasteiger partial charge < -0.3 is 14.8 Å². The Morgan fingerprint density at radius 2 is 1.96 bits per heavy atom.